The zero-order valence-electron chi connectivity index (χ0n) is 16.1. The minimum atomic E-state index is -0.869. The van der Waals surface area contributed by atoms with Gasteiger partial charge < -0.3 is 16.4 Å². The summed E-state index contributed by atoms with van der Waals surface area (Å²) in [5.74, 6) is -0.101. The highest BCUT2D eigenvalue weighted by Crippen LogP contribution is 2.42. The number of nitrogens with two attached hydrogens (primary N) is 1. The third kappa shape index (κ3) is 3.98. The fourth-order valence-electron chi connectivity index (χ4n) is 3.47. The molecule has 27 heavy (non-hydrogen) atoms. The summed E-state index contributed by atoms with van der Waals surface area (Å²) in [6.45, 7) is 5.94. The van der Waals surface area contributed by atoms with E-state index in [1.54, 1.807) is 6.92 Å². The number of imide groups is 1. The minimum Gasteiger partial charge on any atom is -0.353 e. The lowest BCUT2D eigenvalue weighted by Gasteiger charge is -2.21. The Hall–Kier alpha value is -2.41. The van der Waals surface area contributed by atoms with Gasteiger partial charge in [-0.2, -0.15) is 0 Å². The first-order chi connectivity index (χ1) is 12.7. The Balaban J connectivity index is 1.52. The van der Waals surface area contributed by atoms with Crippen LogP contribution in [0.25, 0.3) is 0 Å². The second-order valence-corrected chi connectivity index (χ2v) is 8.03. The summed E-state index contributed by atoms with van der Waals surface area (Å²) in [4.78, 5) is 37.9. The molecular formula is C20H28N4O3. The number of rotatable bonds is 7. The quantitative estimate of drug-likeness (QED) is 0.633. The summed E-state index contributed by atoms with van der Waals surface area (Å²) in [6, 6.07) is 7.14. The van der Waals surface area contributed by atoms with Gasteiger partial charge in [-0.05, 0) is 42.7 Å². The minimum absolute atomic E-state index is 0.171. The molecule has 1 saturated carbocycles. The van der Waals surface area contributed by atoms with Gasteiger partial charge >= 0.3 is 6.03 Å². The number of hydrogen-bond acceptors (Lipinski definition) is 4. The summed E-state index contributed by atoms with van der Waals surface area (Å²) < 4.78 is 0. The summed E-state index contributed by atoms with van der Waals surface area (Å²) in [5.41, 5.74) is 7.44. The molecule has 146 valence electrons. The molecule has 3 rings (SSSR count). The van der Waals surface area contributed by atoms with Gasteiger partial charge in [-0.15, -0.1) is 0 Å². The molecule has 2 unspecified atom stereocenters. The third-order valence-electron chi connectivity index (χ3n) is 5.55. The Morgan fingerprint density at radius 3 is 2.41 bits per heavy atom. The molecule has 7 heteroatoms. The van der Waals surface area contributed by atoms with Gasteiger partial charge in [0.1, 0.15) is 12.1 Å². The predicted molar refractivity (Wildman–Crippen MR) is 102 cm³/mol. The van der Waals surface area contributed by atoms with Gasteiger partial charge in [0, 0.05) is 12.6 Å². The first kappa shape index (κ1) is 19.4. The zero-order chi connectivity index (χ0) is 19.8. The Labute approximate surface area is 159 Å². The van der Waals surface area contributed by atoms with Crippen LogP contribution in [0.15, 0.2) is 24.3 Å². The largest absolute Gasteiger partial charge is 0.353 e. The summed E-state index contributed by atoms with van der Waals surface area (Å²) in [7, 11) is 0. The van der Waals surface area contributed by atoms with Gasteiger partial charge in [-0.1, -0.05) is 38.1 Å². The number of nitrogens with zero attached hydrogens (tertiary/aromatic N) is 1. The normalized spacial score (nSPS) is 23.5. The van der Waals surface area contributed by atoms with Crippen LogP contribution in [0.3, 0.4) is 0 Å². The van der Waals surface area contributed by atoms with Crippen LogP contribution in [0.5, 0.6) is 0 Å². The molecule has 0 spiro atoms. The van der Waals surface area contributed by atoms with E-state index in [1.807, 2.05) is 24.3 Å². The van der Waals surface area contributed by atoms with Crippen LogP contribution in [0.1, 0.15) is 56.7 Å². The maximum atomic E-state index is 12.5. The zero-order valence-corrected chi connectivity index (χ0v) is 16.1. The van der Waals surface area contributed by atoms with Crippen molar-refractivity contribution in [3.05, 3.63) is 35.4 Å². The van der Waals surface area contributed by atoms with Crippen molar-refractivity contribution in [3.8, 4) is 0 Å². The highest BCUT2D eigenvalue weighted by atomic mass is 16.2. The number of amides is 4. The summed E-state index contributed by atoms with van der Waals surface area (Å²) in [5, 5.41) is 5.46. The van der Waals surface area contributed by atoms with Crippen LogP contribution in [-0.2, 0) is 9.59 Å². The van der Waals surface area contributed by atoms with Crippen LogP contribution >= 0.6 is 0 Å². The molecule has 2 aliphatic rings. The first-order valence-electron chi connectivity index (χ1n) is 9.48. The van der Waals surface area contributed by atoms with Crippen molar-refractivity contribution in [2.24, 2.45) is 11.7 Å². The van der Waals surface area contributed by atoms with Crippen LogP contribution in [0.2, 0.25) is 0 Å². The topological polar surface area (TPSA) is 105 Å². The van der Waals surface area contributed by atoms with Crippen LogP contribution < -0.4 is 16.4 Å². The second kappa shape index (κ2) is 7.31. The van der Waals surface area contributed by atoms with Crippen LogP contribution in [0.4, 0.5) is 4.79 Å². The molecule has 1 aromatic carbocycles. The summed E-state index contributed by atoms with van der Waals surface area (Å²) >= 11 is 0. The van der Waals surface area contributed by atoms with Crippen molar-refractivity contribution in [2.75, 3.05) is 13.1 Å². The molecule has 0 bridgehead atoms. The Morgan fingerprint density at radius 2 is 1.85 bits per heavy atom. The number of benzene rings is 1. The van der Waals surface area contributed by atoms with Crippen molar-refractivity contribution in [3.63, 3.8) is 0 Å². The molecule has 0 radical (unpaired) electrons. The van der Waals surface area contributed by atoms with E-state index in [4.69, 9.17) is 5.73 Å². The lowest BCUT2D eigenvalue weighted by molar-refractivity contribution is -0.135. The van der Waals surface area contributed by atoms with Crippen molar-refractivity contribution in [2.45, 2.75) is 51.1 Å². The highest BCUT2D eigenvalue weighted by Gasteiger charge is 2.56. The van der Waals surface area contributed by atoms with E-state index in [0.717, 1.165) is 23.3 Å². The van der Waals surface area contributed by atoms with Crippen molar-refractivity contribution in [1.29, 1.82) is 0 Å². The summed E-state index contributed by atoms with van der Waals surface area (Å²) in [6.07, 6.45) is 1.85. The number of carbonyl (C=O) groups excluding carboxylic acids is 3. The van der Waals surface area contributed by atoms with Crippen molar-refractivity contribution < 1.29 is 14.4 Å². The maximum Gasteiger partial charge on any atom is 0.325 e. The molecule has 4 amide bonds. The van der Waals surface area contributed by atoms with Crippen molar-refractivity contribution >= 4 is 17.8 Å². The van der Waals surface area contributed by atoms with E-state index in [-0.39, 0.29) is 31.0 Å². The van der Waals surface area contributed by atoms with E-state index in [2.05, 4.69) is 24.5 Å². The first-order valence-corrected chi connectivity index (χ1v) is 9.48. The van der Waals surface area contributed by atoms with Crippen LogP contribution in [0, 0.1) is 5.92 Å². The molecule has 1 aromatic rings. The maximum absolute atomic E-state index is 12.5. The van der Waals surface area contributed by atoms with E-state index < -0.39 is 17.5 Å². The van der Waals surface area contributed by atoms with E-state index >= 15 is 0 Å². The van der Waals surface area contributed by atoms with E-state index in [1.165, 1.54) is 5.56 Å². The van der Waals surface area contributed by atoms with Gasteiger partial charge in [0.2, 0.25) is 5.91 Å². The molecule has 7 nitrogen and oxygen atoms in total. The van der Waals surface area contributed by atoms with E-state index in [0.29, 0.717) is 5.92 Å². The van der Waals surface area contributed by atoms with Gasteiger partial charge in [0.05, 0.1) is 0 Å². The molecule has 0 aromatic heterocycles. The van der Waals surface area contributed by atoms with Gasteiger partial charge in [0.25, 0.3) is 5.91 Å². The highest BCUT2D eigenvalue weighted by molar-refractivity contribution is 6.09. The molecule has 1 aliphatic carbocycles. The molecule has 1 aliphatic heterocycles. The average molecular weight is 372 g/mol. The van der Waals surface area contributed by atoms with E-state index in [9.17, 15) is 14.4 Å². The van der Waals surface area contributed by atoms with Crippen LogP contribution in [-0.4, -0.2) is 41.4 Å². The third-order valence-corrected chi connectivity index (χ3v) is 5.55. The average Bonchev–Trinajstić information content (AvgIpc) is 3.46. The number of urea groups is 1. The molecule has 4 N–H and O–H groups in total. The molecule has 2 fully saturated rings. The fourth-order valence-corrected chi connectivity index (χ4v) is 3.47. The second-order valence-electron chi connectivity index (χ2n) is 8.03. The molecule has 1 saturated heterocycles. The molecule has 1 heterocycles. The van der Waals surface area contributed by atoms with Crippen molar-refractivity contribution in [1.82, 2.24) is 15.5 Å². The Bertz CT molecular complexity index is 742. The lowest BCUT2D eigenvalue weighted by atomic mass is 9.96. The molecular weight excluding hydrogens is 344 g/mol. The Morgan fingerprint density at radius 1 is 1.26 bits per heavy atom. The number of carbonyl (C=O) groups is 3. The fraction of sp³-hybridized carbons (Fsp3) is 0.550. The van der Waals surface area contributed by atoms with Gasteiger partial charge in [0.15, 0.2) is 0 Å². The lowest BCUT2D eigenvalue weighted by Crippen LogP contribution is -2.47. The number of nitrogens with one attached hydrogen (secondary N) is 2. The standard InChI is InChI=1S/C20H28N4O3/c1-12(2)13-4-6-14(7-5-13)16(21)10-22-17(25)11-24-18(26)20(3,15-8-9-15)23-19(24)27/h4-7,12,15-16H,8-11,21H2,1-3H3,(H,22,25)(H,23,27). The molecule has 2 atom stereocenters. The predicted octanol–water partition coefficient (Wildman–Crippen LogP) is 1.65. The van der Waals surface area contributed by atoms with Gasteiger partial charge in [-0.3, -0.25) is 14.5 Å². The number of hydrogen-bond donors (Lipinski definition) is 3. The Kier molecular flexibility index (Phi) is 5.24. The smallest absolute Gasteiger partial charge is 0.325 e. The SMILES string of the molecule is CC(C)c1ccc(C(N)CNC(=O)CN2C(=O)NC(C)(C3CC3)C2=O)cc1. The van der Waals surface area contributed by atoms with Gasteiger partial charge in [-0.25, -0.2) is 4.79 Å². The monoisotopic (exact) mass is 372 g/mol.